The molecule has 5 aromatic rings. The highest BCUT2D eigenvalue weighted by molar-refractivity contribution is 7.22. The predicted molar refractivity (Wildman–Crippen MR) is 165 cm³/mol. The minimum absolute atomic E-state index is 0.0288. The number of para-hydroxylation sites is 1. The van der Waals surface area contributed by atoms with Crippen LogP contribution in [0.15, 0.2) is 79.1 Å². The van der Waals surface area contributed by atoms with E-state index in [9.17, 15) is 9.59 Å². The lowest BCUT2D eigenvalue weighted by Crippen LogP contribution is -2.13. The van der Waals surface area contributed by atoms with Crippen LogP contribution in [-0.4, -0.2) is 35.3 Å². The number of carbonyl (C=O) groups excluding carboxylic acids is 2. The van der Waals surface area contributed by atoms with Crippen LogP contribution in [0.25, 0.3) is 20.7 Å². The first-order valence-corrected chi connectivity index (χ1v) is 14.8. The zero-order chi connectivity index (χ0) is 30.2. The van der Waals surface area contributed by atoms with Gasteiger partial charge >= 0.3 is 0 Å². The summed E-state index contributed by atoms with van der Waals surface area (Å²) in [5.74, 6) is 0.574. The molecule has 0 saturated carbocycles. The Hall–Kier alpha value is -4.63. The number of thiophene rings is 1. The van der Waals surface area contributed by atoms with Crippen LogP contribution in [0, 0.1) is 5.82 Å². The number of halogens is 1. The van der Waals surface area contributed by atoms with E-state index in [1.165, 1.54) is 30.6 Å². The van der Waals surface area contributed by atoms with E-state index >= 15 is 4.39 Å². The molecule has 0 amide bonds. The number of hydrogen-bond acceptors (Lipinski definition) is 8. The second-order valence-corrected chi connectivity index (χ2v) is 11.1. The van der Waals surface area contributed by atoms with E-state index in [1.54, 1.807) is 36.7 Å². The van der Waals surface area contributed by atoms with Crippen molar-refractivity contribution >= 4 is 33.1 Å². The standard InChI is InChI=1S/C34H31FN2O5S/c1-3-4-15-41-33-12-10-24(21-37-33)32-20-28-34(43-32)31(13-14-36-28)42-30-11-9-22(17-27(30)35)16-25(38)19-26(39)18-23-7-5-6-8-29(23)40-2/h5-14,17,20-21H,3-4,15-16,18-19H2,1-2H3. The summed E-state index contributed by atoms with van der Waals surface area (Å²) >= 11 is 1.47. The number of rotatable bonds is 14. The van der Waals surface area contributed by atoms with Gasteiger partial charge in [-0.05, 0) is 42.3 Å². The quantitative estimate of drug-likeness (QED) is 0.0952. The Balaban J connectivity index is 1.23. The molecule has 0 fully saturated rings. The van der Waals surface area contributed by atoms with Crippen molar-refractivity contribution in [2.24, 2.45) is 0 Å². The largest absolute Gasteiger partial charge is 0.496 e. The van der Waals surface area contributed by atoms with Crippen molar-refractivity contribution in [3.8, 4) is 33.6 Å². The highest BCUT2D eigenvalue weighted by atomic mass is 32.1. The Bertz CT molecular complexity index is 1740. The lowest BCUT2D eigenvalue weighted by atomic mass is 10.0. The summed E-state index contributed by atoms with van der Waals surface area (Å²) in [4.78, 5) is 34.9. The number of aromatic nitrogens is 2. The van der Waals surface area contributed by atoms with Crippen LogP contribution in [0.4, 0.5) is 4.39 Å². The molecule has 0 radical (unpaired) electrons. The predicted octanol–water partition coefficient (Wildman–Crippen LogP) is 7.79. The van der Waals surface area contributed by atoms with Crippen LogP contribution in [0.2, 0.25) is 0 Å². The van der Waals surface area contributed by atoms with E-state index in [0.29, 0.717) is 29.5 Å². The highest BCUT2D eigenvalue weighted by Gasteiger charge is 2.16. The third-order valence-corrected chi connectivity index (χ3v) is 7.92. The molecule has 2 aromatic carbocycles. The molecule has 43 heavy (non-hydrogen) atoms. The van der Waals surface area contributed by atoms with Crippen molar-refractivity contribution in [3.05, 3.63) is 96.1 Å². The number of nitrogens with zero attached hydrogens (tertiary/aromatic N) is 2. The number of pyridine rings is 2. The van der Waals surface area contributed by atoms with Gasteiger partial charge in [-0.1, -0.05) is 37.6 Å². The number of carbonyl (C=O) groups is 2. The first-order valence-electron chi connectivity index (χ1n) is 14.0. The van der Waals surface area contributed by atoms with Crippen molar-refractivity contribution in [1.29, 1.82) is 0 Å². The molecule has 0 saturated heterocycles. The molecule has 3 aromatic heterocycles. The Kier molecular flexibility index (Phi) is 9.73. The summed E-state index contributed by atoms with van der Waals surface area (Å²) < 4.78 is 32.8. The number of ketones is 2. The molecule has 0 spiro atoms. The fourth-order valence-electron chi connectivity index (χ4n) is 4.56. The number of benzene rings is 2. The van der Waals surface area contributed by atoms with Crippen molar-refractivity contribution in [2.75, 3.05) is 13.7 Å². The second-order valence-electron chi connectivity index (χ2n) is 10.0. The first kappa shape index (κ1) is 29.8. The fourth-order valence-corrected chi connectivity index (χ4v) is 5.62. The fraction of sp³-hybridized carbons (Fsp3) is 0.235. The third kappa shape index (κ3) is 7.61. The molecule has 9 heteroatoms. The van der Waals surface area contributed by atoms with Gasteiger partial charge in [0.2, 0.25) is 5.88 Å². The van der Waals surface area contributed by atoms with Gasteiger partial charge in [-0.25, -0.2) is 9.37 Å². The van der Waals surface area contributed by atoms with E-state index in [0.717, 1.165) is 39.1 Å². The molecule has 0 atom stereocenters. The lowest BCUT2D eigenvalue weighted by molar-refractivity contribution is -0.126. The zero-order valence-corrected chi connectivity index (χ0v) is 24.8. The minimum atomic E-state index is -0.602. The van der Waals surface area contributed by atoms with Gasteiger partial charge in [0.1, 0.15) is 23.1 Å². The molecule has 0 unspecified atom stereocenters. The Morgan fingerprint density at radius 2 is 1.74 bits per heavy atom. The van der Waals surface area contributed by atoms with Crippen LogP contribution in [0.3, 0.4) is 0 Å². The molecule has 0 N–H and O–H groups in total. The van der Waals surface area contributed by atoms with E-state index in [4.69, 9.17) is 14.2 Å². The van der Waals surface area contributed by atoms with Crippen LogP contribution in [0.1, 0.15) is 37.3 Å². The van der Waals surface area contributed by atoms with Gasteiger partial charge in [0.05, 0.1) is 30.4 Å². The molecule has 0 bridgehead atoms. The van der Waals surface area contributed by atoms with Crippen molar-refractivity contribution in [3.63, 3.8) is 0 Å². The summed E-state index contributed by atoms with van der Waals surface area (Å²) in [6.45, 7) is 2.74. The zero-order valence-electron chi connectivity index (χ0n) is 24.0. The molecule has 0 aliphatic rings. The van der Waals surface area contributed by atoms with Gasteiger partial charge in [-0.15, -0.1) is 11.3 Å². The van der Waals surface area contributed by atoms with Gasteiger partial charge in [-0.2, -0.15) is 0 Å². The molecule has 0 aliphatic heterocycles. The third-order valence-electron chi connectivity index (χ3n) is 6.74. The molecule has 220 valence electrons. The van der Waals surface area contributed by atoms with E-state index in [1.807, 2.05) is 30.3 Å². The number of fused-ring (bicyclic) bond motifs is 1. The van der Waals surface area contributed by atoms with E-state index in [2.05, 4.69) is 16.9 Å². The van der Waals surface area contributed by atoms with Crippen molar-refractivity contribution in [2.45, 2.75) is 39.0 Å². The van der Waals surface area contributed by atoms with Crippen molar-refractivity contribution < 1.29 is 28.2 Å². The number of hydrogen-bond donors (Lipinski definition) is 0. The summed E-state index contributed by atoms with van der Waals surface area (Å²) in [6, 6.07) is 19.0. The summed E-state index contributed by atoms with van der Waals surface area (Å²) in [5.41, 5.74) is 2.83. The second kappa shape index (κ2) is 14.0. The minimum Gasteiger partial charge on any atom is -0.496 e. The van der Waals surface area contributed by atoms with E-state index in [-0.39, 0.29) is 36.6 Å². The number of ether oxygens (including phenoxy) is 3. The number of Topliss-reactive ketones (excluding diaryl/α,β-unsaturated/α-hetero) is 2. The Morgan fingerprint density at radius 1 is 0.907 bits per heavy atom. The molecular formula is C34H31FN2O5S. The van der Waals surface area contributed by atoms with Gasteiger partial charge < -0.3 is 14.2 Å². The Morgan fingerprint density at radius 3 is 2.51 bits per heavy atom. The summed E-state index contributed by atoms with van der Waals surface area (Å²) in [6.07, 6.45) is 5.21. The average molecular weight is 599 g/mol. The van der Waals surface area contributed by atoms with Gasteiger partial charge in [0.15, 0.2) is 11.6 Å². The number of methoxy groups -OCH3 is 1. The smallest absolute Gasteiger partial charge is 0.213 e. The van der Waals surface area contributed by atoms with Crippen LogP contribution in [-0.2, 0) is 22.4 Å². The molecule has 3 heterocycles. The maximum absolute atomic E-state index is 15.1. The molecule has 7 nitrogen and oxygen atoms in total. The van der Waals surface area contributed by atoms with Crippen LogP contribution >= 0.6 is 11.3 Å². The van der Waals surface area contributed by atoms with Gasteiger partial charge in [0, 0.05) is 53.4 Å². The summed E-state index contributed by atoms with van der Waals surface area (Å²) in [5, 5.41) is 0. The first-order chi connectivity index (χ1) is 20.9. The average Bonchev–Trinajstić information content (AvgIpc) is 3.45. The monoisotopic (exact) mass is 598 g/mol. The summed E-state index contributed by atoms with van der Waals surface area (Å²) in [7, 11) is 1.54. The highest BCUT2D eigenvalue weighted by Crippen LogP contribution is 2.39. The topological polar surface area (TPSA) is 87.6 Å². The molecular weight excluding hydrogens is 567 g/mol. The maximum Gasteiger partial charge on any atom is 0.213 e. The Labute approximate surface area is 253 Å². The molecule has 0 aliphatic carbocycles. The number of unbranched alkanes of at least 4 members (excludes halogenated alkanes) is 1. The maximum atomic E-state index is 15.1. The lowest BCUT2D eigenvalue weighted by Gasteiger charge is -2.09. The van der Waals surface area contributed by atoms with Crippen LogP contribution < -0.4 is 14.2 Å². The van der Waals surface area contributed by atoms with Gasteiger partial charge in [0.25, 0.3) is 0 Å². The SMILES string of the molecule is CCCCOc1ccc(-c2cc3nccc(Oc4ccc(CC(=O)CC(=O)Cc5ccccc5OC)cc4F)c3s2)cn1. The van der Waals surface area contributed by atoms with Crippen molar-refractivity contribution in [1.82, 2.24) is 9.97 Å². The van der Waals surface area contributed by atoms with Crippen LogP contribution in [0.5, 0.6) is 23.1 Å². The molecule has 5 rings (SSSR count). The van der Waals surface area contributed by atoms with E-state index < -0.39 is 5.82 Å². The normalized spacial score (nSPS) is 11.0. The van der Waals surface area contributed by atoms with Gasteiger partial charge in [-0.3, -0.25) is 14.6 Å².